The summed E-state index contributed by atoms with van der Waals surface area (Å²) in [5.41, 5.74) is 0. The summed E-state index contributed by atoms with van der Waals surface area (Å²) in [7, 11) is -3.79. The Balaban J connectivity index is 2.22. The van der Waals surface area contributed by atoms with Gasteiger partial charge in [0.1, 0.15) is 10.7 Å². The maximum absolute atomic E-state index is 11.7. The standard InChI is InChI=1S/C11H10O4S/c12-9-6-7-10(8-9)15-16(13,14)11-4-2-1-3-5-11/h1-5,8H,6-7H2. The maximum atomic E-state index is 11.7. The van der Waals surface area contributed by atoms with Gasteiger partial charge in [0.05, 0.1) is 0 Å². The molecule has 0 bridgehead atoms. The van der Waals surface area contributed by atoms with Crippen molar-refractivity contribution in [2.45, 2.75) is 17.7 Å². The molecule has 5 heteroatoms. The fourth-order valence-electron chi connectivity index (χ4n) is 1.41. The van der Waals surface area contributed by atoms with Gasteiger partial charge in [0.2, 0.25) is 0 Å². The van der Waals surface area contributed by atoms with E-state index >= 15 is 0 Å². The molecule has 0 saturated heterocycles. The Hall–Kier alpha value is -1.62. The van der Waals surface area contributed by atoms with E-state index in [1.165, 1.54) is 18.2 Å². The highest BCUT2D eigenvalue weighted by atomic mass is 32.2. The average molecular weight is 238 g/mol. The highest BCUT2D eigenvalue weighted by Gasteiger charge is 2.21. The van der Waals surface area contributed by atoms with Crippen molar-refractivity contribution < 1.29 is 17.4 Å². The predicted octanol–water partition coefficient (Wildman–Crippen LogP) is 1.64. The van der Waals surface area contributed by atoms with Crippen molar-refractivity contribution in [1.82, 2.24) is 0 Å². The van der Waals surface area contributed by atoms with Gasteiger partial charge in [0.15, 0.2) is 5.78 Å². The zero-order chi connectivity index (χ0) is 11.6. The van der Waals surface area contributed by atoms with E-state index in [4.69, 9.17) is 4.18 Å². The summed E-state index contributed by atoms with van der Waals surface area (Å²) in [6, 6.07) is 7.85. The Morgan fingerprint density at radius 3 is 2.31 bits per heavy atom. The Kier molecular flexibility index (Phi) is 2.78. The van der Waals surface area contributed by atoms with Crippen LogP contribution >= 0.6 is 0 Å². The predicted molar refractivity (Wildman–Crippen MR) is 57.0 cm³/mol. The third-order valence-corrected chi connectivity index (χ3v) is 3.47. The van der Waals surface area contributed by atoms with Crippen molar-refractivity contribution in [3.63, 3.8) is 0 Å². The van der Waals surface area contributed by atoms with E-state index in [1.54, 1.807) is 18.2 Å². The Labute approximate surface area is 93.7 Å². The lowest BCUT2D eigenvalue weighted by atomic mass is 10.3. The van der Waals surface area contributed by atoms with Gasteiger partial charge in [-0.15, -0.1) is 0 Å². The average Bonchev–Trinajstić information content (AvgIpc) is 2.64. The van der Waals surface area contributed by atoms with Crippen LogP contribution in [0.4, 0.5) is 0 Å². The van der Waals surface area contributed by atoms with Crippen molar-refractivity contribution in [3.05, 3.63) is 42.2 Å². The first-order chi connectivity index (χ1) is 7.58. The smallest absolute Gasteiger partial charge is 0.338 e. The second kappa shape index (κ2) is 4.09. The van der Waals surface area contributed by atoms with Gasteiger partial charge in [-0.1, -0.05) is 18.2 Å². The number of hydrogen-bond donors (Lipinski definition) is 0. The van der Waals surface area contributed by atoms with Gasteiger partial charge in [-0.05, 0) is 12.1 Å². The lowest BCUT2D eigenvalue weighted by Gasteiger charge is -2.06. The minimum Gasteiger partial charge on any atom is -0.383 e. The SMILES string of the molecule is O=C1C=C(OS(=O)(=O)c2ccccc2)CC1. The van der Waals surface area contributed by atoms with Gasteiger partial charge in [-0.3, -0.25) is 4.79 Å². The van der Waals surface area contributed by atoms with Crippen LogP contribution in [0.3, 0.4) is 0 Å². The first-order valence-electron chi connectivity index (χ1n) is 4.81. The zero-order valence-corrected chi connectivity index (χ0v) is 9.24. The molecule has 84 valence electrons. The molecule has 1 aliphatic rings. The molecule has 16 heavy (non-hydrogen) atoms. The van der Waals surface area contributed by atoms with Crippen LogP contribution in [0, 0.1) is 0 Å². The number of benzene rings is 1. The molecule has 0 aliphatic heterocycles. The van der Waals surface area contributed by atoms with Gasteiger partial charge in [-0.2, -0.15) is 8.42 Å². The zero-order valence-electron chi connectivity index (χ0n) is 8.42. The van der Waals surface area contributed by atoms with Crippen LogP contribution in [0.1, 0.15) is 12.8 Å². The quantitative estimate of drug-likeness (QED) is 0.751. The molecule has 0 spiro atoms. The second-order valence-electron chi connectivity index (χ2n) is 3.43. The largest absolute Gasteiger partial charge is 0.383 e. The van der Waals surface area contributed by atoms with Crippen molar-refractivity contribution >= 4 is 15.9 Å². The molecule has 0 saturated carbocycles. The van der Waals surface area contributed by atoms with Crippen LogP contribution in [0.25, 0.3) is 0 Å². The molecule has 0 amide bonds. The fourth-order valence-corrected chi connectivity index (χ4v) is 2.41. The molecule has 0 unspecified atom stereocenters. The van der Waals surface area contributed by atoms with E-state index < -0.39 is 10.1 Å². The lowest BCUT2D eigenvalue weighted by molar-refractivity contribution is -0.114. The lowest BCUT2D eigenvalue weighted by Crippen LogP contribution is -2.05. The van der Waals surface area contributed by atoms with E-state index in [9.17, 15) is 13.2 Å². The number of carbonyl (C=O) groups is 1. The summed E-state index contributed by atoms with van der Waals surface area (Å²) in [5, 5.41) is 0. The van der Waals surface area contributed by atoms with E-state index in [2.05, 4.69) is 0 Å². The van der Waals surface area contributed by atoms with Crippen LogP contribution in [-0.4, -0.2) is 14.2 Å². The number of ketones is 1. The Morgan fingerprint density at radius 2 is 1.75 bits per heavy atom. The summed E-state index contributed by atoms with van der Waals surface area (Å²) in [6.45, 7) is 0. The highest BCUT2D eigenvalue weighted by Crippen LogP contribution is 2.22. The van der Waals surface area contributed by atoms with Gasteiger partial charge < -0.3 is 4.18 Å². The van der Waals surface area contributed by atoms with Gasteiger partial charge in [-0.25, -0.2) is 0 Å². The molecule has 0 fully saturated rings. The summed E-state index contributed by atoms with van der Waals surface area (Å²) < 4.78 is 28.3. The van der Waals surface area contributed by atoms with Gasteiger partial charge in [0, 0.05) is 18.9 Å². The summed E-state index contributed by atoms with van der Waals surface area (Å²) in [6.07, 6.45) is 1.91. The third-order valence-electron chi connectivity index (χ3n) is 2.19. The Morgan fingerprint density at radius 1 is 1.06 bits per heavy atom. The Bertz CT molecular complexity index is 528. The summed E-state index contributed by atoms with van der Waals surface area (Å²) >= 11 is 0. The van der Waals surface area contributed by atoms with E-state index in [-0.39, 0.29) is 16.4 Å². The second-order valence-corrected chi connectivity index (χ2v) is 4.97. The van der Waals surface area contributed by atoms with Gasteiger partial charge in [0.25, 0.3) is 0 Å². The number of carbonyl (C=O) groups excluding carboxylic acids is 1. The third kappa shape index (κ3) is 2.30. The molecule has 0 heterocycles. The maximum Gasteiger partial charge on any atom is 0.338 e. The minimum atomic E-state index is -3.79. The molecule has 4 nitrogen and oxygen atoms in total. The molecule has 0 atom stereocenters. The van der Waals surface area contributed by atoms with Crippen molar-refractivity contribution in [1.29, 1.82) is 0 Å². The van der Waals surface area contributed by atoms with Gasteiger partial charge >= 0.3 is 10.1 Å². The molecule has 2 rings (SSSR count). The van der Waals surface area contributed by atoms with Crippen LogP contribution in [0.15, 0.2) is 47.1 Å². The molecule has 1 aromatic carbocycles. The molecule has 1 aliphatic carbocycles. The first-order valence-corrected chi connectivity index (χ1v) is 6.22. The van der Waals surface area contributed by atoms with E-state index in [0.29, 0.717) is 12.8 Å². The van der Waals surface area contributed by atoms with Crippen molar-refractivity contribution in [2.24, 2.45) is 0 Å². The first kappa shape index (κ1) is 10.9. The number of rotatable bonds is 3. The molecular formula is C11H10O4S. The topological polar surface area (TPSA) is 60.4 Å². The van der Waals surface area contributed by atoms with Crippen LogP contribution in [-0.2, 0) is 19.1 Å². The molecular weight excluding hydrogens is 228 g/mol. The highest BCUT2D eigenvalue weighted by molar-refractivity contribution is 7.86. The number of hydrogen-bond acceptors (Lipinski definition) is 4. The molecule has 0 radical (unpaired) electrons. The van der Waals surface area contributed by atoms with Crippen molar-refractivity contribution in [3.8, 4) is 0 Å². The van der Waals surface area contributed by atoms with E-state index in [1.807, 2.05) is 0 Å². The van der Waals surface area contributed by atoms with Crippen LogP contribution < -0.4 is 0 Å². The van der Waals surface area contributed by atoms with Crippen molar-refractivity contribution in [2.75, 3.05) is 0 Å². The molecule has 0 aromatic heterocycles. The van der Waals surface area contributed by atoms with Crippen LogP contribution in [0.2, 0.25) is 0 Å². The molecule has 0 N–H and O–H groups in total. The number of allylic oxidation sites excluding steroid dienone is 2. The summed E-state index contributed by atoms with van der Waals surface area (Å²) in [5.74, 6) is 0.118. The fraction of sp³-hybridized carbons (Fsp3) is 0.182. The normalized spacial score (nSPS) is 16.0. The monoisotopic (exact) mass is 238 g/mol. The minimum absolute atomic E-state index is 0.0928. The molecule has 1 aromatic rings. The van der Waals surface area contributed by atoms with E-state index in [0.717, 1.165) is 0 Å². The van der Waals surface area contributed by atoms with Crippen LogP contribution in [0.5, 0.6) is 0 Å². The summed E-state index contributed by atoms with van der Waals surface area (Å²) in [4.78, 5) is 11.0.